The van der Waals surface area contributed by atoms with Gasteiger partial charge in [0.25, 0.3) is 0 Å². The summed E-state index contributed by atoms with van der Waals surface area (Å²) in [5.74, 6) is 5.85. The van der Waals surface area contributed by atoms with Crippen molar-refractivity contribution in [2.45, 2.75) is 6.42 Å². The average molecular weight is 257 g/mol. The van der Waals surface area contributed by atoms with Gasteiger partial charge in [-0.2, -0.15) is 0 Å². The van der Waals surface area contributed by atoms with Crippen molar-refractivity contribution >= 4 is 23.2 Å². The number of aliphatic imine (C=N–C) groups is 1. The SMILES string of the molecule is COCCCN=C(NN)Nc1ccccc1Cl. The molecule has 1 aromatic carbocycles. The van der Waals surface area contributed by atoms with Crippen LogP contribution in [-0.4, -0.2) is 26.2 Å². The molecule has 6 heteroatoms. The van der Waals surface area contributed by atoms with E-state index in [9.17, 15) is 0 Å². The number of benzene rings is 1. The lowest BCUT2D eigenvalue weighted by Crippen LogP contribution is -2.36. The predicted molar refractivity (Wildman–Crippen MR) is 71.2 cm³/mol. The van der Waals surface area contributed by atoms with E-state index in [1.807, 2.05) is 18.2 Å². The first-order chi connectivity index (χ1) is 8.27. The van der Waals surface area contributed by atoms with E-state index in [2.05, 4.69) is 15.7 Å². The molecule has 5 nitrogen and oxygen atoms in total. The zero-order chi connectivity index (χ0) is 12.5. The van der Waals surface area contributed by atoms with E-state index >= 15 is 0 Å². The van der Waals surface area contributed by atoms with Crippen LogP contribution in [0.2, 0.25) is 5.02 Å². The maximum Gasteiger partial charge on any atom is 0.210 e. The van der Waals surface area contributed by atoms with E-state index in [0.29, 0.717) is 24.1 Å². The highest BCUT2D eigenvalue weighted by molar-refractivity contribution is 6.33. The summed E-state index contributed by atoms with van der Waals surface area (Å²) in [4.78, 5) is 4.25. The number of methoxy groups -OCH3 is 1. The summed E-state index contributed by atoms with van der Waals surface area (Å²) in [6, 6.07) is 7.39. The number of nitrogens with one attached hydrogen (secondary N) is 2. The highest BCUT2D eigenvalue weighted by Crippen LogP contribution is 2.19. The van der Waals surface area contributed by atoms with Crippen molar-refractivity contribution in [1.29, 1.82) is 0 Å². The highest BCUT2D eigenvalue weighted by atomic mass is 35.5. The molecule has 0 amide bonds. The highest BCUT2D eigenvalue weighted by Gasteiger charge is 2.01. The number of para-hydroxylation sites is 1. The minimum Gasteiger partial charge on any atom is -0.385 e. The van der Waals surface area contributed by atoms with E-state index in [1.54, 1.807) is 13.2 Å². The van der Waals surface area contributed by atoms with Crippen LogP contribution in [-0.2, 0) is 4.74 Å². The van der Waals surface area contributed by atoms with Gasteiger partial charge in [-0.15, -0.1) is 0 Å². The molecule has 94 valence electrons. The third-order valence-corrected chi connectivity index (χ3v) is 2.37. The van der Waals surface area contributed by atoms with Crippen molar-refractivity contribution in [3.05, 3.63) is 29.3 Å². The Kier molecular flexibility index (Phi) is 6.39. The van der Waals surface area contributed by atoms with Gasteiger partial charge in [-0.25, -0.2) is 5.84 Å². The molecule has 0 saturated carbocycles. The molecule has 0 unspecified atom stereocenters. The number of hydrazine groups is 1. The lowest BCUT2D eigenvalue weighted by atomic mass is 10.3. The van der Waals surface area contributed by atoms with Crippen molar-refractivity contribution in [3.8, 4) is 0 Å². The first kappa shape index (κ1) is 13.8. The van der Waals surface area contributed by atoms with Crippen molar-refractivity contribution in [2.75, 3.05) is 25.6 Å². The van der Waals surface area contributed by atoms with Gasteiger partial charge < -0.3 is 10.1 Å². The van der Waals surface area contributed by atoms with Crippen LogP contribution in [0, 0.1) is 0 Å². The molecule has 1 aromatic rings. The van der Waals surface area contributed by atoms with E-state index in [-0.39, 0.29) is 0 Å². The molecule has 0 aliphatic carbocycles. The third kappa shape index (κ3) is 5.04. The summed E-state index contributed by atoms with van der Waals surface area (Å²) >= 11 is 6.00. The maximum atomic E-state index is 6.00. The first-order valence-electron chi connectivity index (χ1n) is 5.29. The molecule has 0 aromatic heterocycles. The monoisotopic (exact) mass is 256 g/mol. The van der Waals surface area contributed by atoms with E-state index in [1.165, 1.54) is 0 Å². The minimum atomic E-state index is 0.481. The molecule has 0 fully saturated rings. The quantitative estimate of drug-likeness (QED) is 0.246. The van der Waals surface area contributed by atoms with E-state index < -0.39 is 0 Å². The summed E-state index contributed by atoms with van der Waals surface area (Å²) < 4.78 is 4.93. The molecular formula is C11H17ClN4O. The van der Waals surface area contributed by atoms with Crippen LogP contribution in [0.15, 0.2) is 29.3 Å². The number of hydrogen-bond donors (Lipinski definition) is 3. The summed E-state index contributed by atoms with van der Waals surface area (Å²) in [5, 5.41) is 3.63. The second kappa shape index (κ2) is 7.89. The fourth-order valence-electron chi connectivity index (χ4n) is 1.21. The molecule has 0 spiro atoms. The van der Waals surface area contributed by atoms with Gasteiger partial charge in [-0.05, 0) is 18.6 Å². The summed E-state index contributed by atoms with van der Waals surface area (Å²) in [6.07, 6.45) is 0.839. The topological polar surface area (TPSA) is 71.7 Å². The Bertz CT molecular complexity index is 370. The first-order valence-corrected chi connectivity index (χ1v) is 5.67. The molecule has 0 aliphatic rings. The molecule has 0 aliphatic heterocycles. The number of halogens is 1. The fourth-order valence-corrected chi connectivity index (χ4v) is 1.39. The fraction of sp³-hybridized carbons (Fsp3) is 0.364. The number of hydrogen-bond acceptors (Lipinski definition) is 3. The van der Waals surface area contributed by atoms with Crippen LogP contribution in [0.4, 0.5) is 5.69 Å². The number of anilines is 1. The van der Waals surface area contributed by atoms with Gasteiger partial charge in [-0.3, -0.25) is 10.4 Å². The zero-order valence-corrected chi connectivity index (χ0v) is 10.5. The number of nitrogens with two attached hydrogens (primary N) is 1. The summed E-state index contributed by atoms with van der Waals surface area (Å²) in [7, 11) is 1.66. The van der Waals surface area contributed by atoms with E-state index in [0.717, 1.165) is 12.1 Å². The molecule has 4 N–H and O–H groups in total. The molecule has 0 atom stereocenters. The van der Waals surface area contributed by atoms with Crippen LogP contribution < -0.4 is 16.6 Å². The lowest BCUT2D eigenvalue weighted by molar-refractivity contribution is 0.197. The second-order valence-corrected chi connectivity index (χ2v) is 3.73. The van der Waals surface area contributed by atoms with Crippen LogP contribution in [0.5, 0.6) is 0 Å². The summed E-state index contributed by atoms with van der Waals surface area (Å²) in [6.45, 7) is 1.30. The van der Waals surface area contributed by atoms with Gasteiger partial charge in [0.05, 0.1) is 10.7 Å². The van der Waals surface area contributed by atoms with Crippen molar-refractivity contribution in [1.82, 2.24) is 5.43 Å². The number of ether oxygens (including phenoxy) is 1. The smallest absolute Gasteiger partial charge is 0.210 e. The van der Waals surface area contributed by atoms with Crippen LogP contribution >= 0.6 is 11.6 Å². The molecule has 0 radical (unpaired) electrons. The molecule has 17 heavy (non-hydrogen) atoms. The predicted octanol–water partition coefficient (Wildman–Crippen LogP) is 1.61. The second-order valence-electron chi connectivity index (χ2n) is 3.33. The Balaban J connectivity index is 2.54. The molecule has 0 saturated heterocycles. The normalized spacial score (nSPS) is 11.4. The van der Waals surface area contributed by atoms with Crippen LogP contribution in [0.1, 0.15) is 6.42 Å². The molecule has 0 heterocycles. The van der Waals surface area contributed by atoms with E-state index in [4.69, 9.17) is 22.2 Å². The zero-order valence-electron chi connectivity index (χ0n) is 9.74. The standard InChI is InChI=1S/C11H17ClN4O/c1-17-8-4-7-14-11(16-13)15-10-6-3-2-5-9(10)12/h2-3,5-6H,4,7-8,13H2,1H3,(H2,14,15,16). The average Bonchev–Trinajstić information content (AvgIpc) is 2.35. The largest absolute Gasteiger partial charge is 0.385 e. The Labute approximate surface area is 106 Å². The Morgan fingerprint density at radius 3 is 2.88 bits per heavy atom. The molecular weight excluding hydrogens is 240 g/mol. The van der Waals surface area contributed by atoms with Gasteiger partial charge in [0.2, 0.25) is 5.96 Å². The third-order valence-electron chi connectivity index (χ3n) is 2.04. The minimum absolute atomic E-state index is 0.481. The lowest BCUT2D eigenvalue weighted by Gasteiger charge is -2.10. The Morgan fingerprint density at radius 2 is 2.24 bits per heavy atom. The number of nitrogens with zero attached hydrogens (tertiary/aromatic N) is 1. The van der Waals surface area contributed by atoms with Crippen molar-refractivity contribution in [2.24, 2.45) is 10.8 Å². The van der Waals surface area contributed by atoms with Crippen LogP contribution in [0.25, 0.3) is 0 Å². The maximum absolute atomic E-state index is 6.00. The van der Waals surface area contributed by atoms with Gasteiger partial charge in [0.15, 0.2) is 0 Å². The number of rotatable bonds is 5. The Hall–Kier alpha value is -1.30. The molecule has 0 bridgehead atoms. The van der Waals surface area contributed by atoms with Gasteiger partial charge in [-0.1, -0.05) is 23.7 Å². The van der Waals surface area contributed by atoms with Gasteiger partial charge in [0, 0.05) is 20.3 Å². The molecule has 1 rings (SSSR count). The van der Waals surface area contributed by atoms with Gasteiger partial charge >= 0.3 is 0 Å². The number of guanidine groups is 1. The van der Waals surface area contributed by atoms with Crippen molar-refractivity contribution < 1.29 is 4.74 Å². The van der Waals surface area contributed by atoms with Crippen molar-refractivity contribution in [3.63, 3.8) is 0 Å². The van der Waals surface area contributed by atoms with Gasteiger partial charge in [0.1, 0.15) is 0 Å². The van der Waals surface area contributed by atoms with Crippen LogP contribution in [0.3, 0.4) is 0 Å². The Morgan fingerprint density at radius 1 is 1.47 bits per heavy atom. The summed E-state index contributed by atoms with van der Waals surface area (Å²) in [5.41, 5.74) is 3.26.